The van der Waals surface area contributed by atoms with E-state index in [1.165, 1.54) is 103 Å². The van der Waals surface area contributed by atoms with Gasteiger partial charge in [0.2, 0.25) is 0 Å². The van der Waals surface area contributed by atoms with Crippen LogP contribution in [-0.4, -0.2) is 95.9 Å². The van der Waals surface area contributed by atoms with E-state index in [0.717, 1.165) is 180 Å². The summed E-state index contributed by atoms with van der Waals surface area (Å²) in [5.74, 6) is -1.61. The number of hydrogen-bond acceptors (Lipinski definition) is 14. The lowest BCUT2D eigenvalue weighted by molar-refractivity contribution is -0.161. The number of phosphoric ester groups is 2. The summed E-state index contributed by atoms with van der Waals surface area (Å²) in [6, 6.07) is 0. The smallest absolute Gasteiger partial charge is 0.463 e. The standard InChI is InChI=1S/C91H154O16P2/c1-4-7-10-13-16-19-22-25-28-31-34-37-39-40-41-42-43-44-46-49-50-53-56-59-62-65-68-71-74-77-89(94)101-80-86(92)81-103-108(97,98)104-82-87(93)83-105-109(99,100)106-85-88(107-91(96)79-76-73-70-67-64-61-58-55-52-47-36-33-30-27-24-21-18-15-12-9-6-3)84-102-90(95)78-75-72-69-66-63-60-57-54-51-48-45-38-35-32-29-26-23-20-17-14-11-8-5-2/h7,10,16-21,25-30,34-38,40-41,47-48,51,55,58,86-88,92-93H,4-6,8-9,11-15,22-24,31-33,39,42-46,49-50,52-54,56-57,59-85H2,1-3H3,(H,97,98)(H,99,100)/b10-7-,19-16-,20-17-,21-18-,28-25-,29-26-,30-27-,37-34-,38-35-,41-40-,47-36-,51-48-,58-55-. The fourth-order valence-corrected chi connectivity index (χ4v) is 12.8. The number of rotatable bonds is 80. The van der Waals surface area contributed by atoms with Gasteiger partial charge >= 0.3 is 33.6 Å². The maximum atomic E-state index is 13.0. The maximum absolute atomic E-state index is 13.0. The Morgan fingerprint density at radius 3 is 0.771 bits per heavy atom. The molecular weight excluding hydrogens is 1410 g/mol. The van der Waals surface area contributed by atoms with Gasteiger partial charge in [-0.2, -0.15) is 0 Å². The molecule has 0 aliphatic rings. The predicted octanol–water partition coefficient (Wildman–Crippen LogP) is 25.8. The quantitative estimate of drug-likeness (QED) is 0.0146. The first kappa shape index (κ1) is 104. The zero-order valence-electron chi connectivity index (χ0n) is 68.4. The molecule has 0 spiro atoms. The highest BCUT2D eigenvalue weighted by Gasteiger charge is 2.29. The van der Waals surface area contributed by atoms with Gasteiger partial charge in [-0.1, -0.05) is 326 Å². The molecule has 5 atom stereocenters. The number of unbranched alkanes of at least 4 members (excludes halogenated alkanes) is 31. The molecule has 18 heteroatoms. The molecule has 0 amide bonds. The zero-order chi connectivity index (χ0) is 79.4. The molecule has 0 aromatic rings. The molecule has 0 radical (unpaired) electrons. The molecule has 0 bridgehead atoms. The number of ether oxygens (including phenoxy) is 3. The van der Waals surface area contributed by atoms with E-state index in [1.54, 1.807) is 0 Å². The van der Waals surface area contributed by atoms with Crippen molar-refractivity contribution in [1.29, 1.82) is 0 Å². The number of aliphatic hydroxyl groups excluding tert-OH is 2. The Kier molecular flexibility index (Phi) is 79.0. The van der Waals surface area contributed by atoms with Crippen LogP contribution in [0.4, 0.5) is 0 Å². The van der Waals surface area contributed by atoms with Crippen LogP contribution in [-0.2, 0) is 55.8 Å². The highest BCUT2D eigenvalue weighted by atomic mass is 31.2. The number of carbonyl (C=O) groups is 3. The molecule has 624 valence electrons. The molecule has 0 saturated heterocycles. The second kappa shape index (κ2) is 82.6. The van der Waals surface area contributed by atoms with E-state index in [0.29, 0.717) is 19.3 Å². The van der Waals surface area contributed by atoms with Crippen molar-refractivity contribution in [3.63, 3.8) is 0 Å². The molecule has 4 N–H and O–H groups in total. The summed E-state index contributed by atoms with van der Waals surface area (Å²) in [6.07, 6.45) is 104. The fraction of sp³-hybridized carbons (Fsp3) is 0.681. The van der Waals surface area contributed by atoms with Gasteiger partial charge in [0.15, 0.2) is 6.10 Å². The normalized spacial score (nSPS) is 14.7. The van der Waals surface area contributed by atoms with Gasteiger partial charge in [-0.25, -0.2) is 9.13 Å². The third-order valence-corrected chi connectivity index (χ3v) is 19.6. The highest BCUT2D eigenvalue weighted by Crippen LogP contribution is 2.45. The van der Waals surface area contributed by atoms with Crippen molar-refractivity contribution in [2.24, 2.45) is 0 Å². The first-order chi connectivity index (χ1) is 53.2. The summed E-state index contributed by atoms with van der Waals surface area (Å²) < 4.78 is 61.3. The molecule has 0 heterocycles. The first-order valence-electron chi connectivity index (χ1n) is 42.8. The van der Waals surface area contributed by atoms with Crippen LogP contribution in [0.25, 0.3) is 0 Å². The zero-order valence-corrected chi connectivity index (χ0v) is 70.2. The van der Waals surface area contributed by atoms with Crippen molar-refractivity contribution in [3.8, 4) is 0 Å². The Bertz CT molecular complexity index is 2610. The van der Waals surface area contributed by atoms with Gasteiger partial charge in [-0.3, -0.25) is 32.5 Å². The Hall–Kier alpha value is -4.83. The van der Waals surface area contributed by atoms with Gasteiger partial charge in [0, 0.05) is 19.3 Å². The summed E-state index contributed by atoms with van der Waals surface area (Å²) in [6.45, 7) is 2.50. The largest absolute Gasteiger partial charge is 0.472 e. The van der Waals surface area contributed by atoms with E-state index in [4.69, 9.17) is 32.3 Å². The summed E-state index contributed by atoms with van der Waals surface area (Å²) in [5, 5.41) is 20.7. The van der Waals surface area contributed by atoms with E-state index in [1.807, 2.05) is 0 Å². The summed E-state index contributed by atoms with van der Waals surface area (Å²) in [7, 11) is -9.82. The molecule has 0 saturated carbocycles. The SMILES string of the molecule is CC/C=C\C/C=C\C/C=C\C/C=C\C/C=C\CCCCCCCCCCCCCCCC(=O)OCC(O)COP(=O)(O)OCC(O)COP(=O)(O)OCC(COC(=O)CCCCCCCCC/C=C\C/C=C\C/C=C\C/C=C\CCCCC)OC(=O)CCCCCCC/C=C\C/C=C\C/C=C\C/C=C\CCCCC. The van der Waals surface area contributed by atoms with E-state index in [-0.39, 0.29) is 19.3 Å². The van der Waals surface area contributed by atoms with Crippen LogP contribution in [0.15, 0.2) is 158 Å². The lowest BCUT2D eigenvalue weighted by Gasteiger charge is -2.21. The lowest BCUT2D eigenvalue weighted by atomic mass is 10.0. The van der Waals surface area contributed by atoms with Gasteiger partial charge in [-0.15, -0.1) is 0 Å². The molecular formula is C91H154O16P2. The van der Waals surface area contributed by atoms with Crippen molar-refractivity contribution in [1.82, 2.24) is 0 Å². The number of carbonyl (C=O) groups excluding carboxylic acids is 3. The molecule has 16 nitrogen and oxygen atoms in total. The van der Waals surface area contributed by atoms with Gasteiger partial charge in [0.1, 0.15) is 25.4 Å². The monoisotopic (exact) mass is 1570 g/mol. The first-order valence-corrected chi connectivity index (χ1v) is 45.8. The number of allylic oxidation sites excluding steroid dienone is 26. The minimum Gasteiger partial charge on any atom is -0.463 e. The van der Waals surface area contributed by atoms with Crippen molar-refractivity contribution in [2.45, 2.75) is 360 Å². The van der Waals surface area contributed by atoms with E-state index in [2.05, 4.69) is 179 Å². The Balaban J connectivity index is 4.65. The maximum Gasteiger partial charge on any atom is 0.472 e. The fourth-order valence-electron chi connectivity index (χ4n) is 11.2. The van der Waals surface area contributed by atoms with Crippen molar-refractivity contribution in [2.75, 3.05) is 39.6 Å². The number of aliphatic hydroxyl groups is 2. The summed E-state index contributed by atoms with van der Waals surface area (Å²) in [4.78, 5) is 58.9. The molecule has 0 rings (SSSR count). The van der Waals surface area contributed by atoms with Crippen LogP contribution in [0, 0.1) is 0 Å². The second-order valence-electron chi connectivity index (χ2n) is 28.2. The van der Waals surface area contributed by atoms with Gasteiger partial charge in [0.05, 0.1) is 26.4 Å². The van der Waals surface area contributed by atoms with Crippen LogP contribution >= 0.6 is 15.6 Å². The topological polar surface area (TPSA) is 231 Å². The average Bonchev–Trinajstić information content (AvgIpc) is 0.905. The minimum atomic E-state index is -4.95. The minimum absolute atomic E-state index is 0.0766. The Morgan fingerprint density at radius 1 is 0.266 bits per heavy atom. The van der Waals surface area contributed by atoms with Crippen LogP contribution in [0.5, 0.6) is 0 Å². The van der Waals surface area contributed by atoms with Crippen LogP contribution in [0.2, 0.25) is 0 Å². The molecule has 0 fully saturated rings. The molecule has 0 aromatic carbocycles. The van der Waals surface area contributed by atoms with Gasteiger partial charge < -0.3 is 34.2 Å². The van der Waals surface area contributed by atoms with Crippen LogP contribution in [0.3, 0.4) is 0 Å². The third-order valence-electron chi connectivity index (χ3n) is 17.7. The van der Waals surface area contributed by atoms with Gasteiger partial charge in [-0.05, 0) is 154 Å². The average molecular weight is 1570 g/mol. The van der Waals surface area contributed by atoms with E-state index in [9.17, 15) is 43.5 Å². The second-order valence-corrected chi connectivity index (χ2v) is 31.2. The van der Waals surface area contributed by atoms with E-state index >= 15 is 0 Å². The lowest BCUT2D eigenvalue weighted by Crippen LogP contribution is -2.30. The highest BCUT2D eigenvalue weighted by molar-refractivity contribution is 7.47. The molecule has 5 unspecified atom stereocenters. The Labute approximate surface area is 663 Å². The summed E-state index contributed by atoms with van der Waals surface area (Å²) in [5.41, 5.74) is 0. The third kappa shape index (κ3) is 83.9. The van der Waals surface area contributed by atoms with Crippen molar-refractivity contribution >= 4 is 33.6 Å². The van der Waals surface area contributed by atoms with Crippen molar-refractivity contribution < 1.29 is 75.8 Å². The number of hydrogen-bond donors (Lipinski definition) is 4. The molecule has 109 heavy (non-hydrogen) atoms. The number of phosphoric acid groups is 2. The summed E-state index contributed by atoms with van der Waals surface area (Å²) >= 11 is 0. The van der Waals surface area contributed by atoms with E-state index < -0.39 is 91.5 Å². The number of esters is 3. The molecule has 0 aliphatic heterocycles. The van der Waals surface area contributed by atoms with Gasteiger partial charge in [0.25, 0.3) is 0 Å². The Morgan fingerprint density at radius 2 is 0.486 bits per heavy atom. The molecule has 0 aromatic heterocycles. The predicted molar refractivity (Wildman–Crippen MR) is 454 cm³/mol. The van der Waals surface area contributed by atoms with Crippen LogP contribution in [0.1, 0.15) is 342 Å². The van der Waals surface area contributed by atoms with Crippen molar-refractivity contribution in [3.05, 3.63) is 158 Å². The van der Waals surface area contributed by atoms with Crippen LogP contribution < -0.4 is 0 Å². The molecule has 0 aliphatic carbocycles.